The van der Waals surface area contributed by atoms with Gasteiger partial charge in [0.15, 0.2) is 5.78 Å². The van der Waals surface area contributed by atoms with Crippen LogP contribution in [0.25, 0.3) is 0 Å². The van der Waals surface area contributed by atoms with Crippen LogP contribution in [-0.4, -0.2) is 51.1 Å². The smallest absolute Gasteiger partial charge is 0.158 e. The first-order valence-electron chi connectivity index (χ1n) is 10.5. The Morgan fingerprint density at radius 1 is 1.28 bits per heavy atom. The molecule has 5 nitrogen and oxygen atoms in total. The van der Waals surface area contributed by atoms with Gasteiger partial charge in [-0.3, -0.25) is 4.79 Å². The fraction of sp³-hybridized carbons (Fsp3) is 0.609. The average Bonchev–Trinajstić information content (AvgIpc) is 3.23. The van der Waals surface area contributed by atoms with E-state index in [0.717, 1.165) is 12.8 Å². The molecule has 0 radical (unpaired) electrons. The first-order chi connectivity index (χ1) is 13.9. The van der Waals surface area contributed by atoms with Gasteiger partial charge in [-0.15, -0.1) is 11.3 Å². The molecular formula is C23H34O5S. The number of rotatable bonds is 12. The van der Waals surface area contributed by atoms with E-state index >= 15 is 0 Å². The van der Waals surface area contributed by atoms with Crippen LogP contribution in [-0.2, 0) is 11.2 Å². The highest BCUT2D eigenvalue weighted by Gasteiger charge is 2.39. The summed E-state index contributed by atoms with van der Waals surface area (Å²) in [5.74, 6) is -0.404. The number of unbranched alkanes of at least 4 members (excludes halogenated alkanes) is 1. The molecule has 1 aliphatic rings. The predicted molar refractivity (Wildman–Crippen MR) is 116 cm³/mol. The van der Waals surface area contributed by atoms with Crippen molar-refractivity contribution in [2.75, 3.05) is 6.61 Å². The van der Waals surface area contributed by atoms with Gasteiger partial charge in [-0.25, -0.2) is 0 Å². The van der Waals surface area contributed by atoms with Gasteiger partial charge in [-0.1, -0.05) is 24.3 Å². The van der Waals surface area contributed by atoms with E-state index in [0.29, 0.717) is 32.1 Å². The molecule has 5 unspecified atom stereocenters. The second kappa shape index (κ2) is 12.4. The van der Waals surface area contributed by atoms with Crippen molar-refractivity contribution in [3.05, 3.63) is 46.2 Å². The number of allylic oxidation sites excluding steroid dienone is 2. The molecule has 1 aromatic heterocycles. The van der Waals surface area contributed by atoms with Crippen molar-refractivity contribution in [2.24, 2.45) is 11.8 Å². The molecule has 0 aliphatic heterocycles. The van der Waals surface area contributed by atoms with E-state index in [1.807, 2.05) is 18.2 Å². The van der Waals surface area contributed by atoms with E-state index < -0.39 is 24.9 Å². The van der Waals surface area contributed by atoms with E-state index in [2.05, 4.69) is 19.1 Å². The Hall–Kier alpha value is -1.31. The number of carbonyl (C=O) groups excluding carboxylic acids is 1. The summed E-state index contributed by atoms with van der Waals surface area (Å²) in [6, 6.07) is 4.18. The minimum Gasteiger partial charge on any atom is -0.393 e. The zero-order valence-corrected chi connectivity index (χ0v) is 17.9. The molecule has 6 heteroatoms. The van der Waals surface area contributed by atoms with Crippen LogP contribution < -0.4 is 0 Å². The summed E-state index contributed by atoms with van der Waals surface area (Å²) in [7, 11) is 0. The quantitative estimate of drug-likeness (QED) is 0.307. The number of aliphatic hydroxyl groups is 4. The number of aliphatic hydroxyl groups excluding tert-OH is 4. The van der Waals surface area contributed by atoms with Crippen LogP contribution in [0.5, 0.6) is 0 Å². The van der Waals surface area contributed by atoms with Crippen molar-refractivity contribution in [2.45, 2.75) is 70.2 Å². The molecule has 1 aromatic rings. The summed E-state index contributed by atoms with van der Waals surface area (Å²) < 4.78 is 0. The topological polar surface area (TPSA) is 98.0 Å². The van der Waals surface area contributed by atoms with Crippen LogP contribution in [0.3, 0.4) is 0 Å². The van der Waals surface area contributed by atoms with Crippen molar-refractivity contribution in [1.82, 2.24) is 0 Å². The van der Waals surface area contributed by atoms with Gasteiger partial charge in [-0.2, -0.15) is 0 Å². The second-order valence-corrected chi connectivity index (χ2v) is 9.28. The third-order valence-corrected chi connectivity index (χ3v) is 6.59. The lowest BCUT2D eigenvalue weighted by atomic mass is 9.89. The zero-order chi connectivity index (χ0) is 21.2. The first kappa shape index (κ1) is 24.0. The van der Waals surface area contributed by atoms with Crippen LogP contribution >= 0.6 is 11.3 Å². The highest BCUT2D eigenvalue weighted by molar-refractivity contribution is 7.11. The van der Waals surface area contributed by atoms with Crippen LogP contribution in [0.1, 0.15) is 48.3 Å². The summed E-state index contributed by atoms with van der Waals surface area (Å²) in [4.78, 5) is 13.6. The minimum atomic E-state index is -0.603. The monoisotopic (exact) mass is 422 g/mol. The SMILES string of the molecule is Cc1ccc(CCC(O)/C=C/C2C(O)CC(O)C2C/C=C/CCCC(=O)CO)s1. The summed E-state index contributed by atoms with van der Waals surface area (Å²) in [6.07, 6.45) is 10.1. The van der Waals surface area contributed by atoms with E-state index in [9.17, 15) is 20.1 Å². The molecule has 2 rings (SSSR count). The van der Waals surface area contributed by atoms with E-state index in [1.165, 1.54) is 9.75 Å². The van der Waals surface area contributed by atoms with Crippen molar-refractivity contribution >= 4 is 17.1 Å². The predicted octanol–water partition coefficient (Wildman–Crippen LogP) is 2.94. The number of aryl methyl sites for hydroxylation is 2. The van der Waals surface area contributed by atoms with Crippen molar-refractivity contribution < 1.29 is 25.2 Å². The maximum atomic E-state index is 11.1. The van der Waals surface area contributed by atoms with Crippen LogP contribution in [0.2, 0.25) is 0 Å². The van der Waals surface area contributed by atoms with Crippen LogP contribution in [0, 0.1) is 18.8 Å². The number of ketones is 1. The van der Waals surface area contributed by atoms with Gasteiger partial charge >= 0.3 is 0 Å². The lowest BCUT2D eigenvalue weighted by Gasteiger charge is -2.19. The molecule has 4 N–H and O–H groups in total. The van der Waals surface area contributed by atoms with E-state index in [4.69, 9.17) is 5.11 Å². The summed E-state index contributed by atoms with van der Waals surface area (Å²) in [6.45, 7) is 1.67. The molecule has 5 atom stereocenters. The highest BCUT2D eigenvalue weighted by atomic mass is 32.1. The van der Waals surface area contributed by atoms with Crippen molar-refractivity contribution in [3.8, 4) is 0 Å². The van der Waals surface area contributed by atoms with Crippen LogP contribution in [0.4, 0.5) is 0 Å². The number of hydrogen-bond acceptors (Lipinski definition) is 6. The Labute approximate surface area is 177 Å². The number of hydrogen-bond donors (Lipinski definition) is 4. The molecule has 162 valence electrons. The third-order valence-electron chi connectivity index (χ3n) is 5.53. The average molecular weight is 423 g/mol. The van der Waals surface area contributed by atoms with Gasteiger partial charge in [0.05, 0.1) is 18.3 Å². The highest BCUT2D eigenvalue weighted by Crippen LogP contribution is 2.36. The van der Waals surface area contributed by atoms with Crippen molar-refractivity contribution in [1.29, 1.82) is 0 Å². The standard InChI is InChI=1S/C23H34O5S/c1-16-8-11-19(29-16)12-9-17(25)10-13-21-20(22(27)14-23(21)28)7-5-3-2-4-6-18(26)15-24/h3,5,8,10-11,13,17,20-25,27-28H,2,4,6-7,9,12,14-15H2,1H3/b5-3+,13-10+. The Balaban J connectivity index is 1.80. The molecule has 0 saturated heterocycles. The van der Waals surface area contributed by atoms with Crippen LogP contribution in [0.15, 0.2) is 36.4 Å². The van der Waals surface area contributed by atoms with Gasteiger partial charge in [0.2, 0.25) is 0 Å². The molecule has 0 amide bonds. The molecule has 1 heterocycles. The molecular weight excluding hydrogens is 388 g/mol. The molecule has 1 aliphatic carbocycles. The Morgan fingerprint density at radius 2 is 2.07 bits per heavy atom. The van der Waals surface area contributed by atoms with E-state index in [-0.39, 0.29) is 17.6 Å². The Bertz CT molecular complexity index is 681. The molecule has 0 bridgehead atoms. The zero-order valence-electron chi connectivity index (χ0n) is 17.1. The largest absolute Gasteiger partial charge is 0.393 e. The molecule has 1 fully saturated rings. The lowest BCUT2D eigenvalue weighted by Crippen LogP contribution is -2.20. The van der Waals surface area contributed by atoms with E-state index in [1.54, 1.807) is 17.4 Å². The minimum absolute atomic E-state index is 0.0799. The molecule has 1 saturated carbocycles. The Kier molecular flexibility index (Phi) is 10.2. The maximum Gasteiger partial charge on any atom is 0.158 e. The fourth-order valence-corrected chi connectivity index (χ4v) is 4.74. The fourth-order valence-electron chi connectivity index (χ4n) is 3.84. The summed E-state index contributed by atoms with van der Waals surface area (Å²) in [5, 5.41) is 39.6. The number of carbonyl (C=O) groups is 1. The lowest BCUT2D eigenvalue weighted by molar-refractivity contribution is -0.121. The van der Waals surface area contributed by atoms with Crippen molar-refractivity contribution in [3.63, 3.8) is 0 Å². The van der Waals surface area contributed by atoms with Gasteiger partial charge in [-0.05, 0) is 57.1 Å². The summed E-state index contributed by atoms with van der Waals surface area (Å²) >= 11 is 1.74. The normalized spacial score (nSPS) is 26.0. The molecule has 29 heavy (non-hydrogen) atoms. The molecule has 0 aromatic carbocycles. The van der Waals surface area contributed by atoms with Gasteiger partial charge in [0.1, 0.15) is 6.61 Å². The Morgan fingerprint density at radius 3 is 2.76 bits per heavy atom. The second-order valence-electron chi connectivity index (χ2n) is 7.91. The van der Waals surface area contributed by atoms with Gasteiger partial charge in [0.25, 0.3) is 0 Å². The number of thiophene rings is 1. The van der Waals surface area contributed by atoms with Gasteiger partial charge < -0.3 is 20.4 Å². The molecule has 0 spiro atoms. The maximum absolute atomic E-state index is 11.1. The van der Waals surface area contributed by atoms with Gasteiger partial charge in [0, 0.05) is 28.5 Å². The first-order valence-corrected chi connectivity index (χ1v) is 11.3. The number of Topliss-reactive ketones (excluding diaryl/α,β-unsaturated/α-hetero) is 1. The summed E-state index contributed by atoms with van der Waals surface area (Å²) in [5.41, 5.74) is 0. The third kappa shape index (κ3) is 8.15.